The molecule has 0 spiro atoms. The smallest absolute Gasteiger partial charge is 0.323 e. The van der Waals surface area contributed by atoms with Crippen molar-refractivity contribution in [1.29, 1.82) is 0 Å². The minimum atomic E-state index is -1.06. The number of likely N-dealkylation sites (N-methyl/N-ethyl adjacent to an activating group) is 1. The molecule has 1 aromatic carbocycles. The van der Waals surface area contributed by atoms with E-state index in [1.807, 2.05) is 0 Å². The molecule has 0 bridgehead atoms. The van der Waals surface area contributed by atoms with E-state index < -0.39 is 12.0 Å². The van der Waals surface area contributed by atoms with E-state index in [9.17, 15) is 9.59 Å². The molecule has 20 heavy (non-hydrogen) atoms. The number of urea groups is 1. The number of aliphatic carboxylic acids is 1. The van der Waals surface area contributed by atoms with E-state index in [0.717, 1.165) is 0 Å². The fraction of sp³-hybridized carbons (Fsp3) is 0.385. The Bertz CT molecular complexity index is 490. The number of methoxy groups -OCH3 is 2. The first-order valence-electron chi connectivity index (χ1n) is 6.01. The van der Waals surface area contributed by atoms with E-state index in [-0.39, 0.29) is 6.54 Å². The fourth-order valence-corrected chi connectivity index (χ4v) is 1.61. The second-order valence-electron chi connectivity index (χ2n) is 3.91. The molecule has 0 saturated carbocycles. The number of benzene rings is 1. The van der Waals surface area contributed by atoms with Gasteiger partial charge in [0.05, 0.1) is 14.2 Å². The van der Waals surface area contributed by atoms with Gasteiger partial charge in [-0.15, -0.1) is 0 Å². The summed E-state index contributed by atoms with van der Waals surface area (Å²) in [5, 5.41) is 11.3. The molecule has 0 radical (unpaired) electrons. The minimum absolute atomic E-state index is 0.297. The zero-order valence-electron chi connectivity index (χ0n) is 11.7. The van der Waals surface area contributed by atoms with Crippen molar-refractivity contribution in [2.45, 2.75) is 6.92 Å². The summed E-state index contributed by atoms with van der Waals surface area (Å²) >= 11 is 0. The second kappa shape index (κ2) is 7.22. The number of nitrogens with zero attached hydrogens (tertiary/aromatic N) is 1. The molecule has 2 N–H and O–H groups in total. The van der Waals surface area contributed by atoms with Gasteiger partial charge in [0, 0.05) is 18.3 Å². The van der Waals surface area contributed by atoms with E-state index in [1.54, 1.807) is 25.1 Å². The molecule has 110 valence electrons. The van der Waals surface area contributed by atoms with Gasteiger partial charge in [-0.3, -0.25) is 4.79 Å². The Balaban J connectivity index is 2.81. The normalized spacial score (nSPS) is 9.75. The number of hydrogen-bond acceptors (Lipinski definition) is 4. The number of amides is 2. The van der Waals surface area contributed by atoms with E-state index in [4.69, 9.17) is 14.6 Å². The van der Waals surface area contributed by atoms with Crippen LogP contribution in [0.4, 0.5) is 10.5 Å². The number of hydrogen-bond donors (Lipinski definition) is 2. The number of ether oxygens (including phenoxy) is 2. The van der Waals surface area contributed by atoms with Crippen molar-refractivity contribution in [3.05, 3.63) is 18.2 Å². The monoisotopic (exact) mass is 282 g/mol. The number of carbonyl (C=O) groups excluding carboxylic acids is 1. The van der Waals surface area contributed by atoms with E-state index in [1.165, 1.54) is 19.1 Å². The van der Waals surface area contributed by atoms with Crippen molar-refractivity contribution in [3.8, 4) is 11.5 Å². The summed E-state index contributed by atoms with van der Waals surface area (Å²) in [6.07, 6.45) is 0. The molecule has 7 nitrogen and oxygen atoms in total. The Morgan fingerprint density at radius 3 is 2.40 bits per heavy atom. The predicted molar refractivity (Wildman–Crippen MR) is 73.4 cm³/mol. The third kappa shape index (κ3) is 4.04. The van der Waals surface area contributed by atoms with Gasteiger partial charge in [-0.25, -0.2) is 4.79 Å². The number of carboxylic acid groups (broad SMARTS) is 1. The van der Waals surface area contributed by atoms with Gasteiger partial charge in [-0.2, -0.15) is 0 Å². The number of anilines is 1. The summed E-state index contributed by atoms with van der Waals surface area (Å²) in [4.78, 5) is 23.7. The first kappa shape index (κ1) is 15.6. The highest BCUT2D eigenvalue weighted by molar-refractivity contribution is 5.91. The molecule has 0 aliphatic rings. The van der Waals surface area contributed by atoms with Crippen LogP contribution in [-0.2, 0) is 4.79 Å². The zero-order valence-corrected chi connectivity index (χ0v) is 11.7. The third-order valence-electron chi connectivity index (χ3n) is 2.63. The molecule has 7 heteroatoms. The lowest BCUT2D eigenvalue weighted by atomic mass is 10.2. The van der Waals surface area contributed by atoms with Crippen molar-refractivity contribution >= 4 is 17.7 Å². The first-order chi connectivity index (χ1) is 9.51. The van der Waals surface area contributed by atoms with E-state index in [0.29, 0.717) is 23.7 Å². The van der Waals surface area contributed by atoms with Crippen LogP contribution in [0.15, 0.2) is 18.2 Å². The lowest BCUT2D eigenvalue weighted by molar-refractivity contribution is -0.137. The van der Waals surface area contributed by atoms with Gasteiger partial charge < -0.3 is 24.8 Å². The Kier molecular flexibility index (Phi) is 5.64. The molecule has 0 fully saturated rings. The maximum Gasteiger partial charge on any atom is 0.323 e. The molecule has 0 saturated heterocycles. The summed E-state index contributed by atoms with van der Waals surface area (Å²) < 4.78 is 10.2. The maximum atomic E-state index is 11.9. The quantitative estimate of drug-likeness (QED) is 0.828. The summed E-state index contributed by atoms with van der Waals surface area (Å²) in [5.41, 5.74) is 0.497. The summed E-state index contributed by atoms with van der Waals surface area (Å²) in [7, 11) is 3.01. The zero-order chi connectivity index (χ0) is 15.1. The van der Waals surface area contributed by atoms with Gasteiger partial charge in [0.25, 0.3) is 0 Å². The highest BCUT2D eigenvalue weighted by Crippen LogP contribution is 2.29. The Hall–Kier alpha value is -2.44. The molecule has 0 aromatic heterocycles. The second-order valence-corrected chi connectivity index (χ2v) is 3.91. The van der Waals surface area contributed by atoms with Crippen LogP contribution in [0, 0.1) is 0 Å². The number of rotatable bonds is 6. The highest BCUT2D eigenvalue weighted by atomic mass is 16.5. The predicted octanol–water partition coefficient (Wildman–Crippen LogP) is 1.64. The molecule has 0 heterocycles. The fourth-order valence-electron chi connectivity index (χ4n) is 1.61. The maximum absolute atomic E-state index is 11.9. The average molecular weight is 282 g/mol. The van der Waals surface area contributed by atoms with Crippen LogP contribution in [0.3, 0.4) is 0 Å². The lowest BCUT2D eigenvalue weighted by Crippen LogP contribution is -2.38. The van der Waals surface area contributed by atoms with Crippen molar-refractivity contribution in [3.63, 3.8) is 0 Å². The number of carboxylic acids is 1. The van der Waals surface area contributed by atoms with Crippen molar-refractivity contribution in [2.24, 2.45) is 0 Å². The van der Waals surface area contributed by atoms with Crippen LogP contribution < -0.4 is 14.8 Å². The third-order valence-corrected chi connectivity index (χ3v) is 2.63. The number of nitrogens with one attached hydrogen (secondary N) is 1. The summed E-state index contributed by atoms with van der Waals surface area (Å²) in [6, 6.07) is 4.42. The van der Waals surface area contributed by atoms with Crippen LogP contribution in [0.25, 0.3) is 0 Å². The highest BCUT2D eigenvalue weighted by Gasteiger charge is 2.15. The van der Waals surface area contributed by atoms with Crippen LogP contribution in [0.5, 0.6) is 11.5 Å². The topological polar surface area (TPSA) is 88.1 Å². The average Bonchev–Trinajstić information content (AvgIpc) is 2.44. The molecule has 2 amide bonds. The van der Waals surface area contributed by atoms with Crippen LogP contribution in [0.1, 0.15) is 6.92 Å². The summed E-state index contributed by atoms with van der Waals surface area (Å²) in [5.74, 6) is -0.0377. The molecule has 0 aliphatic heterocycles. The van der Waals surface area contributed by atoms with Gasteiger partial charge in [0.15, 0.2) is 11.5 Å². The van der Waals surface area contributed by atoms with Crippen molar-refractivity contribution < 1.29 is 24.2 Å². The Labute approximate surface area is 117 Å². The van der Waals surface area contributed by atoms with Crippen LogP contribution in [-0.4, -0.2) is 49.3 Å². The standard InChI is InChI=1S/C13H18N2O5/c1-4-15(8-12(16)17)13(18)14-9-5-6-10(19-2)11(7-9)20-3/h5-7H,4,8H2,1-3H3,(H,14,18)(H,16,17). The van der Waals surface area contributed by atoms with Gasteiger partial charge in [-0.05, 0) is 19.1 Å². The van der Waals surface area contributed by atoms with Crippen LogP contribution >= 0.6 is 0 Å². The van der Waals surface area contributed by atoms with Gasteiger partial charge in [0.2, 0.25) is 0 Å². The van der Waals surface area contributed by atoms with Crippen molar-refractivity contribution in [2.75, 3.05) is 32.6 Å². The molecule has 0 unspecified atom stereocenters. The largest absolute Gasteiger partial charge is 0.493 e. The molecular formula is C13H18N2O5. The molecule has 1 rings (SSSR count). The van der Waals surface area contributed by atoms with Crippen LogP contribution in [0.2, 0.25) is 0 Å². The Morgan fingerprint density at radius 2 is 1.90 bits per heavy atom. The lowest BCUT2D eigenvalue weighted by Gasteiger charge is -2.19. The van der Waals surface area contributed by atoms with Gasteiger partial charge >= 0.3 is 12.0 Å². The molecular weight excluding hydrogens is 264 g/mol. The van der Waals surface area contributed by atoms with Gasteiger partial charge in [0.1, 0.15) is 6.54 Å². The summed E-state index contributed by atoms with van der Waals surface area (Å²) in [6.45, 7) is 1.65. The van der Waals surface area contributed by atoms with E-state index >= 15 is 0 Å². The van der Waals surface area contributed by atoms with Crippen molar-refractivity contribution in [1.82, 2.24) is 4.90 Å². The Morgan fingerprint density at radius 1 is 1.25 bits per heavy atom. The molecule has 0 atom stereocenters. The minimum Gasteiger partial charge on any atom is -0.493 e. The molecule has 0 aliphatic carbocycles. The number of carbonyl (C=O) groups is 2. The first-order valence-corrected chi connectivity index (χ1v) is 6.01. The molecule has 1 aromatic rings. The SMILES string of the molecule is CCN(CC(=O)O)C(=O)Nc1ccc(OC)c(OC)c1. The van der Waals surface area contributed by atoms with E-state index in [2.05, 4.69) is 5.32 Å². The van der Waals surface area contributed by atoms with Gasteiger partial charge in [-0.1, -0.05) is 0 Å².